The first-order valence-corrected chi connectivity index (χ1v) is 8.26. The molecule has 5 nitrogen and oxygen atoms in total. The van der Waals surface area contributed by atoms with Crippen LogP contribution in [0.4, 0.5) is 10.1 Å². The van der Waals surface area contributed by atoms with Gasteiger partial charge in [0.05, 0.1) is 10.8 Å². The van der Waals surface area contributed by atoms with Crippen LogP contribution in [0.2, 0.25) is 0 Å². The largest absolute Gasteiger partial charge is 0.426 e. The molecular weight excluding hydrogens is 349 g/mol. The summed E-state index contributed by atoms with van der Waals surface area (Å²) in [6.45, 7) is 1.62. The molecule has 27 heavy (non-hydrogen) atoms. The zero-order valence-corrected chi connectivity index (χ0v) is 14.5. The van der Waals surface area contributed by atoms with Gasteiger partial charge < -0.3 is 4.74 Å². The summed E-state index contributed by atoms with van der Waals surface area (Å²) in [7, 11) is 0. The van der Waals surface area contributed by atoms with E-state index in [4.69, 9.17) is 4.74 Å². The lowest BCUT2D eigenvalue weighted by atomic mass is 9.97. The molecular formula is C21H16FNO4. The van der Waals surface area contributed by atoms with Crippen molar-refractivity contribution in [2.75, 3.05) is 0 Å². The smallest absolute Gasteiger partial charge is 0.318 e. The Hall–Kier alpha value is -3.54. The van der Waals surface area contributed by atoms with Crippen LogP contribution in [0.25, 0.3) is 11.1 Å². The van der Waals surface area contributed by atoms with Crippen LogP contribution >= 0.6 is 0 Å². The van der Waals surface area contributed by atoms with Crippen LogP contribution in [-0.2, 0) is 4.79 Å². The van der Waals surface area contributed by atoms with E-state index in [1.807, 2.05) is 30.3 Å². The van der Waals surface area contributed by atoms with Gasteiger partial charge in [0.25, 0.3) is 5.69 Å². The molecule has 0 saturated carbocycles. The van der Waals surface area contributed by atoms with Crippen LogP contribution in [0.15, 0.2) is 72.8 Å². The predicted octanol–water partition coefficient (Wildman–Crippen LogP) is 5.11. The molecule has 3 rings (SSSR count). The van der Waals surface area contributed by atoms with E-state index in [-0.39, 0.29) is 11.4 Å². The summed E-state index contributed by atoms with van der Waals surface area (Å²) < 4.78 is 19.7. The highest BCUT2D eigenvalue weighted by Gasteiger charge is 2.20. The normalized spacial score (nSPS) is 11.6. The minimum absolute atomic E-state index is 0.0959. The Kier molecular flexibility index (Phi) is 5.26. The van der Waals surface area contributed by atoms with Gasteiger partial charge in [0.1, 0.15) is 11.6 Å². The van der Waals surface area contributed by atoms with Crippen molar-refractivity contribution in [2.24, 2.45) is 0 Å². The number of carbonyl (C=O) groups excluding carboxylic acids is 1. The van der Waals surface area contributed by atoms with Gasteiger partial charge in [-0.1, -0.05) is 42.5 Å². The Morgan fingerprint density at radius 3 is 2.30 bits per heavy atom. The van der Waals surface area contributed by atoms with Gasteiger partial charge in [-0.2, -0.15) is 0 Å². The highest BCUT2D eigenvalue weighted by molar-refractivity contribution is 5.80. The van der Waals surface area contributed by atoms with Gasteiger partial charge in [-0.05, 0) is 36.2 Å². The van der Waals surface area contributed by atoms with Crippen LogP contribution in [0.3, 0.4) is 0 Å². The van der Waals surface area contributed by atoms with Gasteiger partial charge in [-0.15, -0.1) is 0 Å². The number of halogens is 1. The predicted molar refractivity (Wildman–Crippen MR) is 99.0 cm³/mol. The summed E-state index contributed by atoms with van der Waals surface area (Å²) >= 11 is 0. The number of ether oxygens (including phenoxy) is 1. The summed E-state index contributed by atoms with van der Waals surface area (Å²) in [6, 6.07) is 19.0. The summed E-state index contributed by atoms with van der Waals surface area (Å²) in [5, 5.41) is 10.7. The van der Waals surface area contributed by atoms with E-state index in [9.17, 15) is 19.3 Å². The number of non-ortho nitro benzene ring substituents is 1. The molecule has 0 radical (unpaired) electrons. The number of nitrogens with zero attached hydrogens (tertiary/aromatic N) is 1. The summed E-state index contributed by atoms with van der Waals surface area (Å²) in [4.78, 5) is 22.4. The number of nitro benzene ring substituents is 1. The molecule has 0 saturated heterocycles. The van der Waals surface area contributed by atoms with Crippen molar-refractivity contribution < 1.29 is 18.8 Å². The van der Waals surface area contributed by atoms with E-state index < -0.39 is 22.6 Å². The molecule has 0 spiro atoms. The second-order valence-corrected chi connectivity index (χ2v) is 6.00. The first kappa shape index (κ1) is 18.3. The highest BCUT2D eigenvalue weighted by atomic mass is 19.1. The lowest BCUT2D eigenvalue weighted by molar-refractivity contribution is -0.384. The maximum Gasteiger partial charge on any atom is 0.318 e. The van der Waals surface area contributed by atoms with Crippen LogP contribution in [0.1, 0.15) is 18.4 Å². The zero-order valence-electron chi connectivity index (χ0n) is 14.5. The van der Waals surface area contributed by atoms with Crippen molar-refractivity contribution in [3.05, 3.63) is 94.3 Å². The summed E-state index contributed by atoms with van der Waals surface area (Å²) in [6.07, 6.45) is 0. The average Bonchev–Trinajstić information content (AvgIpc) is 2.68. The SMILES string of the molecule is CC(C(=O)Oc1ccc([N+](=O)[O-])cc1)c1ccc(-c2ccccc2)c(F)c1. The number of carbonyl (C=O) groups is 1. The minimum atomic E-state index is -0.695. The van der Waals surface area contributed by atoms with Crippen LogP contribution in [0, 0.1) is 15.9 Å². The number of nitro groups is 1. The molecule has 0 aliphatic carbocycles. The van der Waals surface area contributed by atoms with Crippen LogP contribution in [-0.4, -0.2) is 10.9 Å². The topological polar surface area (TPSA) is 69.4 Å². The van der Waals surface area contributed by atoms with Crippen molar-refractivity contribution in [3.8, 4) is 16.9 Å². The van der Waals surface area contributed by atoms with Gasteiger partial charge in [-0.3, -0.25) is 14.9 Å². The van der Waals surface area contributed by atoms with Gasteiger partial charge in [0.2, 0.25) is 0 Å². The first-order chi connectivity index (χ1) is 13.0. The molecule has 0 bridgehead atoms. The van der Waals surface area contributed by atoms with Gasteiger partial charge in [-0.25, -0.2) is 4.39 Å². The third-order valence-corrected chi connectivity index (χ3v) is 4.20. The molecule has 0 aromatic heterocycles. The maximum absolute atomic E-state index is 14.5. The number of hydrogen-bond donors (Lipinski definition) is 0. The average molecular weight is 365 g/mol. The second-order valence-electron chi connectivity index (χ2n) is 6.00. The highest BCUT2D eigenvalue weighted by Crippen LogP contribution is 2.27. The maximum atomic E-state index is 14.5. The third kappa shape index (κ3) is 4.17. The van der Waals surface area contributed by atoms with E-state index in [0.29, 0.717) is 11.1 Å². The Bertz CT molecular complexity index is 971. The lowest BCUT2D eigenvalue weighted by Gasteiger charge is -2.13. The van der Waals surface area contributed by atoms with Crippen LogP contribution < -0.4 is 4.74 Å². The fourth-order valence-electron chi connectivity index (χ4n) is 2.63. The second kappa shape index (κ2) is 7.78. The van der Waals surface area contributed by atoms with Crippen molar-refractivity contribution in [2.45, 2.75) is 12.8 Å². The molecule has 1 unspecified atom stereocenters. The number of benzene rings is 3. The standard InChI is InChI=1S/C21H16FNO4/c1-14(21(24)27-18-10-8-17(9-11-18)23(25)26)16-7-12-19(20(22)13-16)15-5-3-2-4-6-15/h2-14H,1H3. The molecule has 136 valence electrons. The summed E-state index contributed by atoms with van der Waals surface area (Å²) in [5.74, 6) is -1.50. The zero-order chi connectivity index (χ0) is 19.4. The van der Waals surface area contributed by atoms with Gasteiger partial charge in [0, 0.05) is 17.7 Å². The monoisotopic (exact) mass is 365 g/mol. The molecule has 0 N–H and O–H groups in total. The first-order valence-electron chi connectivity index (χ1n) is 8.26. The molecule has 1 atom stereocenters. The molecule has 0 aliphatic rings. The molecule has 0 amide bonds. The Balaban J connectivity index is 1.75. The van der Waals surface area contributed by atoms with Crippen molar-refractivity contribution in [1.82, 2.24) is 0 Å². The Morgan fingerprint density at radius 1 is 1.04 bits per heavy atom. The molecule has 0 aliphatic heterocycles. The van der Waals surface area contributed by atoms with E-state index in [0.717, 1.165) is 5.56 Å². The van der Waals surface area contributed by atoms with Crippen molar-refractivity contribution >= 4 is 11.7 Å². The van der Waals surface area contributed by atoms with E-state index >= 15 is 0 Å². The van der Waals surface area contributed by atoms with Gasteiger partial charge in [0.15, 0.2) is 0 Å². The Morgan fingerprint density at radius 2 is 1.70 bits per heavy atom. The van der Waals surface area contributed by atoms with Gasteiger partial charge >= 0.3 is 5.97 Å². The van der Waals surface area contributed by atoms with E-state index in [2.05, 4.69) is 0 Å². The number of rotatable bonds is 5. The summed E-state index contributed by atoms with van der Waals surface area (Å²) in [5.41, 5.74) is 1.60. The molecule has 6 heteroatoms. The lowest BCUT2D eigenvalue weighted by Crippen LogP contribution is -2.16. The van der Waals surface area contributed by atoms with E-state index in [1.54, 1.807) is 19.1 Å². The molecule has 3 aromatic carbocycles. The number of hydrogen-bond acceptors (Lipinski definition) is 4. The van der Waals surface area contributed by atoms with Crippen molar-refractivity contribution in [1.29, 1.82) is 0 Å². The third-order valence-electron chi connectivity index (χ3n) is 4.20. The molecule has 0 heterocycles. The fraction of sp³-hybridized carbons (Fsp3) is 0.0952. The fourth-order valence-corrected chi connectivity index (χ4v) is 2.63. The van der Waals surface area contributed by atoms with Crippen molar-refractivity contribution in [3.63, 3.8) is 0 Å². The number of esters is 1. The molecule has 3 aromatic rings. The quantitative estimate of drug-likeness (QED) is 0.273. The minimum Gasteiger partial charge on any atom is -0.426 e. The van der Waals surface area contributed by atoms with Crippen LogP contribution in [0.5, 0.6) is 5.75 Å². The van der Waals surface area contributed by atoms with E-state index in [1.165, 1.54) is 30.3 Å². The molecule has 0 fully saturated rings. The Labute approximate surface area is 155 Å².